The van der Waals surface area contributed by atoms with Crippen LogP contribution in [0.25, 0.3) is 0 Å². The Labute approximate surface area is 114 Å². The van der Waals surface area contributed by atoms with Crippen molar-refractivity contribution in [1.82, 2.24) is 0 Å². The summed E-state index contributed by atoms with van der Waals surface area (Å²) in [6.07, 6.45) is 4.06. The first kappa shape index (κ1) is 17.9. The summed E-state index contributed by atoms with van der Waals surface area (Å²) < 4.78 is 5.63. The zero-order chi connectivity index (χ0) is 14.1. The van der Waals surface area contributed by atoms with Gasteiger partial charge in [0.1, 0.15) is 0 Å². The van der Waals surface area contributed by atoms with E-state index in [2.05, 4.69) is 41.5 Å². The van der Waals surface area contributed by atoms with Crippen molar-refractivity contribution in [2.75, 3.05) is 6.61 Å². The summed E-state index contributed by atoms with van der Waals surface area (Å²) in [7, 11) is 0. The van der Waals surface area contributed by atoms with E-state index < -0.39 is 6.29 Å². The number of rotatable bonds is 10. The molecule has 2 heteroatoms. The smallest absolute Gasteiger partial charge is 0.157 e. The highest BCUT2D eigenvalue weighted by Crippen LogP contribution is 2.21. The number of hydrogen-bond acceptors (Lipinski definition) is 2. The summed E-state index contributed by atoms with van der Waals surface area (Å²) in [4.78, 5) is 0. The third-order valence-corrected chi connectivity index (χ3v) is 4.20. The molecule has 0 aromatic heterocycles. The van der Waals surface area contributed by atoms with Gasteiger partial charge in [-0.25, -0.2) is 0 Å². The molecule has 0 bridgehead atoms. The molecule has 0 aliphatic rings. The van der Waals surface area contributed by atoms with Gasteiger partial charge in [0.2, 0.25) is 0 Å². The monoisotopic (exact) mass is 258 g/mol. The van der Waals surface area contributed by atoms with E-state index in [0.29, 0.717) is 24.4 Å². The van der Waals surface area contributed by atoms with E-state index in [1.165, 1.54) is 19.3 Å². The minimum Gasteiger partial charge on any atom is -0.368 e. The molecule has 0 saturated heterocycles. The molecule has 0 saturated carbocycles. The van der Waals surface area contributed by atoms with Gasteiger partial charge in [-0.05, 0) is 24.2 Å². The Hall–Kier alpha value is -0.0800. The molecule has 2 nitrogen and oxygen atoms in total. The fraction of sp³-hybridized carbons (Fsp3) is 1.00. The minimum atomic E-state index is -0.602. The van der Waals surface area contributed by atoms with Crippen molar-refractivity contribution in [1.29, 1.82) is 0 Å². The van der Waals surface area contributed by atoms with Crippen LogP contribution in [0.4, 0.5) is 0 Å². The van der Waals surface area contributed by atoms with Crippen LogP contribution in [0.5, 0.6) is 0 Å². The second kappa shape index (κ2) is 9.80. The molecule has 0 aliphatic heterocycles. The summed E-state index contributed by atoms with van der Waals surface area (Å²) in [5.74, 6) is 2.09. The lowest BCUT2D eigenvalue weighted by Gasteiger charge is -2.25. The van der Waals surface area contributed by atoms with E-state index in [-0.39, 0.29) is 5.92 Å². The normalized spacial score (nSPS) is 20.2. The lowest BCUT2D eigenvalue weighted by atomic mass is 9.92. The van der Waals surface area contributed by atoms with Gasteiger partial charge in [-0.1, -0.05) is 60.8 Å². The van der Waals surface area contributed by atoms with Crippen LogP contribution in [-0.4, -0.2) is 18.0 Å². The minimum absolute atomic E-state index is 0.230. The number of aliphatic hydroxyl groups is 1. The predicted octanol–water partition coefficient (Wildman–Crippen LogP) is 4.47. The van der Waals surface area contributed by atoms with E-state index in [4.69, 9.17) is 4.74 Å². The van der Waals surface area contributed by atoms with E-state index in [1.54, 1.807) is 0 Å². The molecule has 0 fully saturated rings. The summed E-state index contributed by atoms with van der Waals surface area (Å²) in [6.45, 7) is 13.9. The average Bonchev–Trinajstić information content (AvgIpc) is 2.35. The van der Waals surface area contributed by atoms with Gasteiger partial charge < -0.3 is 9.84 Å². The zero-order valence-corrected chi connectivity index (χ0v) is 13.3. The Morgan fingerprint density at radius 3 is 2.06 bits per heavy atom. The highest BCUT2D eigenvalue weighted by molar-refractivity contribution is 4.64. The maximum atomic E-state index is 10.0. The van der Waals surface area contributed by atoms with Crippen LogP contribution in [0.1, 0.15) is 67.2 Å². The lowest BCUT2D eigenvalue weighted by Crippen LogP contribution is -2.26. The molecule has 0 aromatic carbocycles. The van der Waals surface area contributed by atoms with Gasteiger partial charge in [0.15, 0.2) is 6.29 Å². The first-order chi connectivity index (χ1) is 8.42. The van der Waals surface area contributed by atoms with Crippen LogP contribution in [0.2, 0.25) is 0 Å². The van der Waals surface area contributed by atoms with Crippen molar-refractivity contribution in [2.45, 2.75) is 73.5 Å². The zero-order valence-electron chi connectivity index (χ0n) is 13.3. The predicted molar refractivity (Wildman–Crippen MR) is 78.4 cm³/mol. The van der Waals surface area contributed by atoms with Crippen LogP contribution in [0.3, 0.4) is 0 Å². The molecule has 0 amide bonds. The van der Waals surface area contributed by atoms with Crippen molar-refractivity contribution in [3.63, 3.8) is 0 Å². The Morgan fingerprint density at radius 2 is 1.56 bits per heavy atom. The fourth-order valence-electron chi connectivity index (χ4n) is 2.24. The van der Waals surface area contributed by atoms with Gasteiger partial charge in [0.05, 0.1) is 6.61 Å². The molecule has 0 spiro atoms. The first-order valence-electron chi connectivity index (χ1n) is 7.71. The molecular weight excluding hydrogens is 224 g/mol. The maximum absolute atomic E-state index is 10.0. The third-order valence-electron chi connectivity index (χ3n) is 4.20. The van der Waals surface area contributed by atoms with E-state index in [9.17, 15) is 5.11 Å². The summed E-state index contributed by atoms with van der Waals surface area (Å²) in [5.41, 5.74) is 0. The molecular formula is C16H34O2. The number of hydrogen-bond donors (Lipinski definition) is 1. The fourth-order valence-corrected chi connectivity index (χ4v) is 2.24. The number of aliphatic hydroxyl groups excluding tert-OH is 1. The van der Waals surface area contributed by atoms with Gasteiger partial charge in [0.25, 0.3) is 0 Å². The lowest BCUT2D eigenvalue weighted by molar-refractivity contribution is -0.144. The van der Waals surface area contributed by atoms with E-state index in [1.807, 2.05) is 0 Å². The summed E-state index contributed by atoms with van der Waals surface area (Å²) >= 11 is 0. The van der Waals surface area contributed by atoms with Crippen LogP contribution < -0.4 is 0 Å². The van der Waals surface area contributed by atoms with Crippen LogP contribution >= 0.6 is 0 Å². The van der Waals surface area contributed by atoms with E-state index in [0.717, 1.165) is 6.42 Å². The van der Waals surface area contributed by atoms with Crippen LogP contribution in [-0.2, 0) is 4.74 Å². The van der Waals surface area contributed by atoms with Crippen molar-refractivity contribution in [3.05, 3.63) is 0 Å². The molecule has 18 heavy (non-hydrogen) atoms. The Kier molecular flexibility index (Phi) is 9.76. The first-order valence-corrected chi connectivity index (χ1v) is 7.71. The Balaban J connectivity index is 3.90. The van der Waals surface area contributed by atoms with E-state index >= 15 is 0 Å². The molecule has 0 aromatic rings. The second-order valence-electron chi connectivity index (χ2n) is 6.19. The quantitative estimate of drug-likeness (QED) is 0.586. The molecule has 0 rings (SSSR count). The molecule has 0 radical (unpaired) electrons. The van der Waals surface area contributed by atoms with Crippen molar-refractivity contribution in [3.8, 4) is 0 Å². The number of ether oxygens (including phenoxy) is 1. The molecule has 5 unspecified atom stereocenters. The third kappa shape index (κ3) is 7.38. The highest BCUT2D eigenvalue weighted by Gasteiger charge is 2.19. The molecule has 0 aliphatic carbocycles. The van der Waals surface area contributed by atoms with Crippen LogP contribution in [0, 0.1) is 23.7 Å². The summed E-state index contributed by atoms with van der Waals surface area (Å²) in [5, 5.41) is 10.0. The molecule has 110 valence electrons. The average molecular weight is 258 g/mol. The SMILES string of the molecule is CCCC(C)C(C)COC(O)C(C)CC(C)CC. The van der Waals surface area contributed by atoms with Crippen LogP contribution in [0.15, 0.2) is 0 Å². The van der Waals surface area contributed by atoms with Gasteiger partial charge in [-0.15, -0.1) is 0 Å². The van der Waals surface area contributed by atoms with Crippen molar-refractivity contribution < 1.29 is 9.84 Å². The van der Waals surface area contributed by atoms with Gasteiger partial charge in [-0.2, -0.15) is 0 Å². The topological polar surface area (TPSA) is 29.5 Å². The standard InChI is InChI=1S/C16H34O2/c1-7-9-13(4)15(6)11-18-16(17)14(5)10-12(3)8-2/h12-17H,7-11H2,1-6H3. The van der Waals surface area contributed by atoms with Gasteiger partial charge in [-0.3, -0.25) is 0 Å². The Bertz CT molecular complexity index is 194. The Morgan fingerprint density at radius 1 is 0.944 bits per heavy atom. The highest BCUT2D eigenvalue weighted by atomic mass is 16.6. The maximum Gasteiger partial charge on any atom is 0.157 e. The molecule has 0 heterocycles. The van der Waals surface area contributed by atoms with Crippen molar-refractivity contribution >= 4 is 0 Å². The summed E-state index contributed by atoms with van der Waals surface area (Å²) in [6, 6.07) is 0. The van der Waals surface area contributed by atoms with Crippen molar-refractivity contribution in [2.24, 2.45) is 23.7 Å². The van der Waals surface area contributed by atoms with Gasteiger partial charge in [0, 0.05) is 5.92 Å². The van der Waals surface area contributed by atoms with Gasteiger partial charge >= 0.3 is 0 Å². The molecule has 5 atom stereocenters. The largest absolute Gasteiger partial charge is 0.368 e. The molecule has 1 N–H and O–H groups in total. The second-order valence-corrected chi connectivity index (χ2v) is 6.19.